The molecular formula is C9H9BrClNO2. The zero-order chi connectivity index (χ0) is 10.6. The van der Waals surface area contributed by atoms with Crippen LogP contribution in [0.15, 0.2) is 22.7 Å². The Kier molecular flexibility index (Phi) is 4.22. The quantitative estimate of drug-likeness (QED) is 0.682. The van der Waals surface area contributed by atoms with Gasteiger partial charge in [0.25, 0.3) is 0 Å². The lowest BCUT2D eigenvalue weighted by Gasteiger charge is -2.08. The Hall–Kier alpha value is -0.740. The van der Waals surface area contributed by atoms with Crippen molar-refractivity contribution in [3.8, 4) is 5.75 Å². The summed E-state index contributed by atoms with van der Waals surface area (Å²) < 4.78 is 6.05. The van der Waals surface area contributed by atoms with E-state index in [9.17, 15) is 4.79 Å². The van der Waals surface area contributed by atoms with E-state index in [0.29, 0.717) is 6.54 Å². The van der Waals surface area contributed by atoms with E-state index in [4.69, 9.17) is 16.3 Å². The van der Waals surface area contributed by atoms with Gasteiger partial charge in [0.15, 0.2) is 0 Å². The minimum absolute atomic E-state index is 0.352. The zero-order valence-corrected chi connectivity index (χ0v) is 9.85. The summed E-state index contributed by atoms with van der Waals surface area (Å²) in [6.45, 7) is 0.352. The summed E-state index contributed by atoms with van der Waals surface area (Å²) in [6.07, 6.45) is 0. The van der Waals surface area contributed by atoms with Gasteiger partial charge in [0.2, 0.25) is 0 Å². The number of hydrogen-bond acceptors (Lipinski definition) is 2. The molecule has 1 N–H and O–H groups in total. The highest BCUT2D eigenvalue weighted by atomic mass is 79.9. The number of ether oxygens (including phenoxy) is 1. The average Bonchev–Trinajstić information content (AvgIpc) is 2.15. The lowest BCUT2D eigenvalue weighted by Crippen LogP contribution is -2.16. The molecule has 5 heteroatoms. The SMILES string of the molecule is COc1ccc(Br)cc1CNC(=O)Cl. The Balaban J connectivity index is 2.82. The van der Waals surface area contributed by atoms with Crippen LogP contribution in [0.2, 0.25) is 0 Å². The van der Waals surface area contributed by atoms with Crippen molar-refractivity contribution in [1.29, 1.82) is 0 Å². The Morgan fingerprint density at radius 1 is 1.64 bits per heavy atom. The molecule has 0 heterocycles. The standard InChI is InChI=1S/C9H9BrClNO2/c1-14-8-3-2-7(10)4-6(8)5-12-9(11)13/h2-4H,5H2,1H3,(H,12,13). The fraction of sp³-hybridized carbons (Fsp3) is 0.222. The highest BCUT2D eigenvalue weighted by Gasteiger charge is 2.04. The fourth-order valence-electron chi connectivity index (χ4n) is 1.05. The van der Waals surface area contributed by atoms with Crippen LogP contribution in [-0.2, 0) is 6.54 Å². The smallest absolute Gasteiger partial charge is 0.314 e. The second kappa shape index (κ2) is 5.22. The van der Waals surface area contributed by atoms with Crippen LogP contribution in [-0.4, -0.2) is 12.5 Å². The van der Waals surface area contributed by atoms with Crippen LogP contribution in [0.25, 0.3) is 0 Å². The monoisotopic (exact) mass is 277 g/mol. The third kappa shape index (κ3) is 3.20. The zero-order valence-electron chi connectivity index (χ0n) is 7.51. The van der Waals surface area contributed by atoms with Gasteiger partial charge in [0.1, 0.15) is 5.75 Å². The fourth-order valence-corrected chi connectivity index (χ4v) is 1.53. The van der Waals surface area contributed by atoms with Gasteiger partial charge in [-0.1, -0.05) is 15.9 Å². The van der Waals surface area contributed by atoms with Crippen LogP contribution in [0.3, 0.4) is 0 Å². The Labute approximate surface area is 95.5 Å². The van der Waals surface area contributed by atoms with E-state index >= 15 is 0 Å². The molecule has 0 bridgehead atoms. The van der Waals surface area contributed by atoms with Gasteiger partial charge in [0.05, 0.1) is 7.11 Å². The molecule has 0 aliphatic rings. The lowest BCUT2D eigenvalue weighted by atomic mass is 10.2. The van der Waals surface area contributed by atoms with E-state index < -0.39 is 5.37 Å². The minimum Gasteiger partial charge on any atom is -0.496 e. The van der Waals surface area contributed by atoms with E-state index in [1.165, 1.54) is 0 Å². The summed E-state index contributed by atoms with van der Waals surface area (Å²) in [7, 11) is 1.58. The van der Waals surface area contributed by atoms with Gasteiger partial charge in [-0.25, -0.2) is 0 Å². The van der Waals surface area contributed by atoms with Crippen LogP contribution in [0.4, 0.5) is 4.79 Å². The molecule has 0 saturated carbocycles. The second-order valence-electron chi connectivity index (χ2n) is 2.58. The lowest BCUT2D eigenvalue weighted by molar-refractivity contribution is 0.259. The highest BCUT2D eigenvalue weighted by Crippen LogP contribution is 2.22. The van der Waals surface area contributed by atoms with Gasteiger partial charge in [-0.15, -0.1) is 0 Å². The number of carbonyl (C=O) groups excluding carboxylic acids is 1. The van der Waals surface area contributed by atoms with E-state index in [2.05, 4.69) is 21.2 Å². The van der Waals surface area contributed by atoms with Crippen LogP contribution < -0.4 is 10.1 Å². The summed E-state index contributed by atoms with van der Waals surface area (Å²) in [5.74, 6) is 0.721. The van der Waals surface area contributed by atoms with Crippen LogP contribution >= 0.6 is 27.5 Å². The minimum atomic E-state index is -0.577. The number of amides is 1. The van der Waals surface area contributed by atoms with E-state index in [1.54, 1.807) is 7.11 Å². The maximum Gasteiger partial charge on any atom is 0.314 e. The molecule has 0 aliphatic heterocycles. The molecule has 1 aromatic carbocycles. The second-order valence-corrected chi connectivity index (χ2v) is 3.84. The average molecular weight is 279 g/mol. The Bertz CT molecular complexity index is 344. The van der Waals surface area contributed by atoms with Gasteiger partial charge in [-0.05, 0) is 29.8 Å². The number of benzene rings is 1. The van der Waals surface area contributed by atoms with Gasteiger partial charge in [-0.3, -0.25) is 4.79 Å². The van der Waals surface area contributed by atoms with Crippen molar-refractivity contribution < 1.29 is 9.53 Å². The first-order valence-electron chi connectivity index (χ1n) is 3.89. The molecule has 0 saturated heterocycles. The summed E-state index contributed by atoms with van der Waals surface area (Å²) >= 11 is 8.49. The van der Waals surface area contributed by atoms with E-state index in [-0.39, 0.29) is 0 Å². The van der Waals surface area contributed by atoms with Crippen molar-refractivity contribution in [2.45, 2.75) is 6.54 Å². The van der Waals surface area contributed by atoms with Gasteiger partial charge < -0.3 is 10.1 Å². The molecule has 1 rings (SSSR count). The molecule has 0 atom stereocenters. The molecular weight excluding hydrogens is 269 g/mol. The van der Waals surface area contributed by atoms with Crippen molar-refractivity contribution in [2.75, 3.05) is 7.11 Å². The normalized spacial score (nSPS) is 9.64. The van der Waals surface area contributed by atoms with Crippen molar-refractivity contribution in [1.82, 2.24) is 5.32 Å². The topological polar surface area (TPSA) is 38.3 Å². The number of hydrogen-bond donors (Lipinski definition) is 1. The molecule has 0 aliphatic carbocycles. The molecule has 0 unspecified atom stereocenters. The highest BCUT2D eigenvalue weighted by molar-refractivity contribution is 9.10. The van der Waals surface area contributed by atoms with Crippen molar-refractivity contribution >= 4 is 32.9 Å². The molecule has 1 aromatic rings. The molecule has 0 spiro atoms. The third-order valence-electron chi connectivity index (χ3n) is 1.66. The van der Waals surface area contributed by atoms with Crippen LogP contribution in [0, 0.1) is 0 Å². The summed E-state index contributed by atoms with van der Waals surface area (Å²) in [4.78, 5) is 10.5. The summed E-state index contributed by atoms with van der Waals surface area (Å²) in [5.41, 5.74) is 0.871. The first-order valence-corrected chi connectivity index (χ1v) is 5.06. The number of carbonyl (C=O) groups is 1. The molecule has 0 aromatic heterocycles. The molecule has 14 heavy (non-hydrogen) atoms. The number of halogens is 2. The molecule has 0 fully saturated rings. The molecule has 76 valence electrons. The van der Waals surface area contributed by atoms with Crippen molar-refractivity contribution in [2.24, 2.45) is 0 Å². The molecule has 1 amide bonds. The first kappa shape index (κ1) is 11.3. The van der Waals surface area contributed by atoms with Gasteiger partial charge >= 0.3 is 5.37 Å². The first-order chi connectivity index (χ1) is 6.63. The van der Waals surface area contributed by atoms with Gasteiger partial charge in [0, 0.05) is 16.6 Å². The maximum absolute atomic E-state index is 10.5. The van der Waals surface area contributed by atoms with E-state index in [1.807, 2.05) is 18.2 Å². The van der Waals surface area contributed by atoms with E-state index in [0.717, 1.165) is 15.8 Å². The predicted molar refractivity (Wildman–Crippen MR) is 58.8 cm³/mol. The van der Waals surface area contributed by atoms with Crippen molar-refractivity contribution in [3.63, 3.8) is 0 Å². The number of rotatable bonds is 3. The van der Waals surface area contributed by atoms with Crippen molar-refractivity contribution in [3.05, 3.63) is 28.2 Å². The predicted octanol–water partition coefficient (Wildman–Crippen LogP) is 2.91. The number of methoxy groups -OCH3 is 1. The molecule has 0 radical (unpaired) electrons. The third-order valence-corrected chi connectivity index (χ3v) is 2.29. The maximum atomic E-state index is 10.5. The Morgan fingerprint density at radius 3 is 2.93 bits per heavy atom. The van der Waals surface area contributed by atoms with Crippen LogP contribution in [0.5, 0.6) is 5.75 Å². The van der Waals surface area contributed by atoms with Crippen LogP contribution in [0.1, 0.15) is 5.56 Å². The summed E-state index contributed by atoms with van der Waals surface area (Å²) in [6, 6.07) is 5.55. The largest absolute Gasteiger partial charge is 0.496 e. The Morgan fingerprint density at radius 2 is 2.36 bits per heavy atom. The molecule has 3 nitrogen and oxygen atoms in total. The number of nitrogens with one attached hydrogen (secondary N) is 1. The summed E-state index contributed by atoms with van der Waals surface area (Å²) in [5, 5.41) is 1.91. The van der Waals surface area contributed by atoms with Gasteiger partial charge in [-0.2, -0.15) is 0 Å².